The minimum atomic E-state index is -3.51. The van der Waals surface area contributed by atoms with Crippen molar-refractivity contribution in [2.45, 2.75) is 49.2 Å². The summed E-state index contributed by atoms with van der Waals surface area (Å²) < 4.78 is 37.0. The van der Waals surface area contributed by atoms with E-state index in [0.29, 0.717) is 23.7 Å². The van der Waals surface area contributed by atoms with E-state index in [1.165, 1.54) is 0 Å². The minimum Gasteiger partial charge on any atom is -0.496 e. The maximum absolute atomic E-state index is 13.0. The quantitative estimate of drug-likeness (QED) is 0.162. The lowest BCUT2D eigenvalue weighted by Crippen LogP contribution is -2.10. The lowest BCUT2D eigenvalue weighted by molar-refractivity contribution is 0.408. The van der Waals surface area contributed by atoms with Crippen molar-refractivity contribution < 1.29 is 17.9 Å². The number of halogens is 1. The van der Waals surface area contributed by atoms with Gasteiger partial charge in [-0.3, -0.25) is 9.97 Å². The molecule has 3 aromatic rings. The normalized spacial score (nSPS) is 11.9. The molecule has 0 unspecified atom stereocenters. The minimum absolute atomic E-state index is 0.169. The zero-order valence-corrected chi connectivity index (χ0v) is 23.5. The van der Waals surface area contributed by atoms with E-state index in [-0.39, 0.29) is 10.6 Å². The van der Waals surface area contributed by atoms with Gasteiger partial charge in [0.25, 0.3) is 0 Å². The molecule has 3 rings (SSSR count). The predicted molar refractivity (Wildman–Crippen MR) is 153 cm³/mol. The van der Waals surface area contributed by atoms with E-state index in [9.17, 15) is 8.42 Å². The highest BCUT2D eigenvalue weighted by molar-refractivity contribution is 7.90. The Morgan fingerprint density at radius 3 is 1.84 bits per heavy atom. The average molecular weight is 555 g/mol. The summed E-state index contributed by atoms with van der Waals surface area (Å²) in [6.07, 6.45) is 16.4. The molecule has 0 atom stereocenters. The number of hydrogen-bond acceptors (Lipinski definition) is 6. The van der Waals surface area contributed by atoms with Gasteiger partial charge in [0.1, 0.15) is 11.5 Å². The monoisotopic (exact) mass is 554 g/mol. The first-order valence-electron chi connectivity index (χ1n) is 12.7. The van der Waals surface area contributed by atoms with Gasteiger partial charge in [-0.25, -0.2) is 8.42 Å². The van der Waals surface area contributed by atoms with Gasteiger partial charge in [-0.1, -0.05) is 42.5 Å². The number of ether oxygens (including phenoxy) is 2. The predicted octanol–water partition coefficient (Wildman–Crippen LogP) is 6.32. The van der Waals surface area contributed by atoms with Crippen LogP contribution >= 0.6 is 11.6 Å². The van der Waals surface area contributed by atoms with Crippen molar-refractivity contribution >= 4 is 21.4 Å². The van der Waals surface area contributed by atoms with E-state index in [0.717, 1.165) is 54.7 Å². The zero-order valence-electron chi connectivity index (χ0n) is 22.0. The molecular formula is C30H35ClN2O4S. The van der Waals surface area contributed by atoms with Crippen molar-refractivity contribution in [3.8, 4) is 11.5 Å². The number of hydrogen-bond donors (Lipinski definition) is 0. The fourth-order valence-corrected chi connectivity index (χ4v) is 5.74. The Morgan fingerprint density at radius 2 is 1.26 bits per heavy atom. The van der Waals surface area contributed by atoms with Crippen molar-refractivity contribution in [1.29, 1.82) is 0 Å². The fourth-order valence-electron chi connectivity index (χ4n) is 4.27. The van der Waals surface area contributed by atoms with Gasteiger partial charge in [-0.05, 0) is 62.8 Å². The molecule has 0 aliphatic heterocycles. The van der Waals surface area contributed by atoms with E-state index in [1.807, 2.05) is 12.1 Å². The second-order valence-corrected chi connectivity index (χ2v) is 11.0. The van der Waals surface area contributed by atoms with Gasteiger partial charge in [0.15, 0.2) is 9.84 Å². The highest BCUT2D eigenvalue weighted by Gasteiger charge is 2.20. The second-order valence-electron chi connectivity index (χ2n) is 8.66. The van der Waals surface area contributed by atoms with Crippen LogP contribution in [0.3, 0.4) is 0 Å². The molecule has 0 radical (unpaired) electrons. The molecule has 0 spiro atoms. The molecule has 0 aliphatic rings. The Morgan fingerprint density at radius 1 is 0.737 bits per heavy atom. The number of alkyl halides is 1. The molecule has 2 heterocycles. The van der Waals surface area contributed by atoms with Crippen molar-refractivity contribution in [2.75, 3.05) is 20.1 Å². The van der Waals surface area contributed by atoms with Crippen molar-refractivity contribution in [3.63, 3.8) is 0 Å². The van der Waals surface area contributed by atoms with Gasteiger partial charge in [0.05, 0.1) is 30.6 Å². The number of pyridine rings is 2. The standard InChI is InChI=1S/C30H35ClN2O4S/c1-36-29-18-21-32-27(25(29)15-10-6-12-20-31)17-11-4-3-9-16-26-28(33-22-19-30(26)37-2)23-38(34,35)24-13-7-5-8-14-24/h3-8,12-14,18-19,21-22H,9-11,15-17,20,23H2,1-2H3/b4-3-,12-6-. The molecule has 6 nitrogen and oxygen atoms in total. The molecule has 8 heteroatoms. The third kappa shape index (κ3) is 8.43. The molecule has 0 amide bonds. The van der Waals surface area contributed by atoms with Crippen LogP contribution in [0.4, 0.5) is 0 Å². The number of allylic oxidation sites excluding steroid dienone is 4. The molecule has 0 bridgehead atoms. The first-order valence-corrected chi connectivity index (χ1v) is 14.8. The van der Waals surface area contributed by atoms with Crippen LogP contribution in [0.5, 0.6) is 11.5 Å². The largest absolute Gasteiger partial charge is 0.496 e. The van der Waals surface area contributed by atoms with Crippen LogP contribution in [0.2, 0.25) is 0 Å². The summed E-state index contributed by atoms with van der Waals surface area (Å²) in [7, 11) is -0.239. The highest BCUT2D eigenvalue weighted by atomic mass is 35.5. The summed E-state index contributed by atoms with van der Waals surface area (Å²) in [5.41, 5.74) is 3.51. The summed E-state index contributed by atoms with van der Waals surface area (Å²) in [5, 5.41) is 0. The van der Waals surface area contributed by atoms with Gasteiger partial charge >= 0.3 is 0 Å². The van der Waals surface area contributed by atoms with Crippen LogP contribution in [0, 0.1) is 0 Å². The Balaban J connectivity index is 1.63. The van der Waals surface area contributed by atoms with Gasteiger partial charge in [-0.2, -0.15) is 0 Å². The van der Waals surface area contributed by atoms with E-state index in [2.05, 4.69) is 28.2 Å². The number of methoxy groups -OCH3 is 2. The molecule has 0 saturated carbocycles. The third-order valence-electron chi connectivity index (χ3n) is 6.17. The molecule has 0 saturated heterocycles. The van der Waals surface area contributed by atoms with Crippen LogP contribution in [-0.4, -0.2) is 38.5 Å². The SMILES string of the molecule is COc1ccnc(CC/C=C\CCc2c(OC)ccnc2CS(=O)(=O)c2ccccc2)c1CC/C=C\CCl. The average Bonchev–Trinajstić information content (AvgIpc) is 2.94. The number of aryl methyl sites for hydroxylation is 1. The number of aromatic nitrogens is 2. The number of rotatable bonds is 15. The maximum Gasteiger partial charge on any atom is 0.184 e. The molecule has 2 aromatic heterocycles. The smallest absolute Gasteiger partial charge is 0.184 e. The van der Waals surface area contributed by atoms with Crippen LogP contribution in [-0.2, 0) is 34.9 Å². The van der Waals surface area contributed by atoms with Crippen LogP contribution < -0.4 is 9.47 Å². The Bertz CT molecular complexity index is 1330. The molecule has 0 fully saturated rings. The fraction of sp³-hybridized carbons (Fsp3) is 0.333. The number of benzene rings is 1. The Kier molecular flexibility index (Phi) is 11.8. The van der Waals surface area contributed by atoms with Crippen LogP contribution in [0.1, 0.15) is 41.8 Å². The summed E-state index contributed by atoms with van der Waals surface area (Å²) in [6.45, 7) is 0. The maximum atomic E-state index is 13.0. The summed E-state index contributed by atoms with van der Waals surface area (Å²) in [6, 6.07) is 12.1. The molecule has 0 aliphatic carbocycles. The number of nitrogens with zero attached hydrogens (tertiary/aromatic N) is 2. The Labute approximate surface area is 231 Å². The summed E-state index contributed by atoms with van der Waals surface area (Å²) >= 11 is 5.73. The summed E-state index contributed by atoms with van der Waals surface area (Å²) in [5.74, 6) is 1.86. The van der Waals surface area contributed by atoms with Gasteiger partial charge in [0.2, 0.25) is 0 Å². The second kappa shape index (κ2) is 15.3. The first-order chi connectivity index (χ1) is 18.5. The lowest BCUT2D eigenvalue weighted by atomic mass is 10.0. The zero-order chi connectivity index (χ0) is 27.2. The number of sulfone groups is 1. The van der Waals surface area contributed by atoms with Gasteiger partial charge < -0.3 is 9.47 Å². The van der Waals surface area contributed by atoms with Gasteiger partial charge in [0, 0.05) is 35.1 Å². The Hall–Kier alpha value is -3.16. The van der Waals surface area contributed by atoms with Gasteiger partial charge in [-0.15, -0.1) is 11.6 Å². The molecule has 202 valence electrons. The van der Waals surface area contributed by atoms with E-state index >= 15 is 0 Å². The highest BCUT2D eigenvalue weighted by Crippen LogP contribution is 2.26. The third-order valence-corrected chi connectivity index (χ3v) is 7.99. The van der Waals surface area contributed by atoms with Crippen molar-refractivity contribution in [2.24, 2.45) is 0 Å². The molecule has 0 N–H and O–H groups in total. The molecule has 38 heavy (non-hydrogen) atoms. The van der Waals surface area contributed by atoms with E-state index in [1.54, 1.807) is 63.0 Å². The molecular weight excluding hydrogens is 520 g/mol. The van der Waals surface area contributed by atoms with Crippen LogP contribution in [0.15, 0.2) is 84.1 Å². The topological polar surface area (TPSA) is 78.4 Å². The van der Waals surface area contributed by atoms with Crippen LogP contribution in [0.25, 0.3) is 0 Å². The van der Waals surface area contributed by atoms with Crippen molar-refractivity contribution in [3.05, 3.63) is 102 Å². The summed E-state index contributed by atoms with van der Waals surface area (Å²) in [4.78, 5) is 9.29. The van der Waals surface area contributed by atoms with E-state index in [4.69, 9.17) is 21.1 Å². The van der Waals surface area contributed by atoms with Crippen molar-refractivity contribution in [1.82, 2.24) is 9.97 Å². The first kappa shape index (κ1) is 29.4. The molecule has 1 aromatic carbocycles. The lowest BCUT2D eigenvalue weighted by Gasteiger charge is -2.13. The van der Waals surface area contributed by atoms with E-state index < -0.39 is 9.84 Å².